The minimum absolute atomic E-state index is 0.138. The SMILES string of the molecule is Cc1cccc(-c2nc(Cn3cc(CO)nn3)no2)c1. The molecule has 2 heterocycles. The number of aromatic nitrogens is 5. The van der Waals surface area contributed by atoms with Gasteiger partial charge in [-0.1, -0.05) is 28.1 Å². The molecule has 0 aliphatic carbocycles. The molecule has 20 heavy (non-hydrogen) atoms. The van der Waals surface area contributed by atoms with Gasteiger partial charge in [-0.05, 0) is 19.1 Å². The number of hydrogen-bond acceptors (Lipinski definition) is 6. The summed E-state index contributed by atoms with van der Waals surface area (Å²) < 4.78 is 6.79. The first-order valence-electron chi connectivity index (χ1n) is 6.14. The zero-order chi connectivity index (χ0) is 13.9. The molecule has 2 aromatic heterocycles. The molecule has 0 saturated heterocycles. The maximum absolute atomic E-state index is 8.93. The van der Waals surface area contributed by atoms with Crippen molar-refractivity contribution in [1.82, 2.24) is 25.1 Å². The van der Waals surface area contributed by atoms with E-state index in [9.17, 15) is 0 Å². The van der Waals surface area contributed by atoms with Gasteiger partial charge in [0.2, 0.25) is 0 Å². The molecule has 0 unspecified atom stereocenters. The molecule has 0 aliphatic heterocycles. The number of benzene rings is 1. The van der Waals surface area contributed by atoms with Crippen LogP contribution in [0.5, 0.6) is 0 Å². The molecule has 0 aliphatic rings. The van der Waals surface area contributed by atoms with Crippen LogP contribution in [0.25, 0.3) is 11.5 Å². The quantitative estimate of drug-likeness (QED) is 0.766. The van der Waals surface area contributed by atoms with E-state index in [2.05, 4.69) is 20.5 Å². The van der Waals surface area contributed by atoms with Gasteiger partial charge in [0.05, 0.1) is 12.8 Å². The highest BCUT2D eigenvalue weighted by atomic mass is 16.5. The Labute approximate surface area is 114 Å². The molecule has 0 amide bonds. The van der Waals surface area contributed by atoms with Crippen molar-refractivity contribution in [1.29, 1.82) is 0 Å². The van der Waals surface area contributed by atoms with Crippen molar-refractivity contribution in [2.75, 3.05) is 0 Å². The van der Waals surface area contributed by atoms with Crippen molar-refractivity contribution < 1.29 is 9.63 Å². The van der Waals surface area contributed by atoms with Crippen LogP contribution in [-0.4, -0.2) is 30.2 Å². The molecule has 3 aromatic rings. The van der Waals surface area contributed by atoms with Crippen molar-refractivity contribution in [2.45, 2.75) is 20.1 Å². The Kier molecular flexibility index (Phi) is 3.26. The topological polar surface area (TPSA) is 89.9 Å². The minimum atomic E-state index is -0.138. The van der Waals surface area contributed by atoms with E-state index >= 15 is 0 Å². The lowest BCUT2D eigenvalue weighted by Crippen LogP contribution is -2.02. The molecule has 3 rings (SSSR count). The normalized spacial score (nSPS) is 10.9. The third kappa shape index (κ3) is 2.57. The van der Waals surface area contributed by atoms with Crippen LogP contribution in [0.2, 0.25) is 0 Å². The van der Waals surface area contributed by atoms with Gasteiger partial charge in [0.25, 0.3) is 5.89 Å². The van der Waals surface area contributed by atoms with E-state index in [1.807, 2.05) is 31.2 Å². The van der Waals surface area contributed by atoms with Gasteiger partial charge in [-0.3, -0.25) is 0 Å². The Morgan fingerprint density at radius 1 is 1.35 bits per heavy atom. The van der Waals surface area contributed by atoms with Crippen molar-refractivity contribution in [3.8, 4) is 11.5 Å². The van der Waals surface area contributed by atoms with Gasteiger partial charge >= 0.3 is 0 Å². The fourth-order valence-corrected chi connectivity index (χ4v) is 1.85. The van der Waals surface area contributed by atoms with Crippen LogP contribution in [-0.2, 0) is 13.2 Å². The maximum Gasteiger partial charge on any atom is 0.257 e. The Morgan fingerprint density at radius 2 is 2.25 bits per heavy atom. The van der Waals surface area contributed by atoms with Gasteiger partial charge in [0, 0.05) is 5.56 Å². The lowest BCUT2D eigenvalue weighted by molar-refractivity contribution is 0.276. The lowest BCUT2D eigenvalue weighted by atomic mass is 10.1. The van der Waals surface area contributed by atoms with Gasteiger partial charge in [-0.25, -0.2) is 4.68 Å². The molecule has 0 saturated carbocycles. The van der Waals surface area contributed by atoms with Crippen LogP contribution in [0, 0.1) is 6.92 Å². The van der Waals surface area contributed by atoms with Gasteiger partial charge < -0.3 is 9.63 Å². The summed E-state index contributed by atoms with van der Waals surface area (Å²) in [7, 11) is 0. The highest BCUT2D eigenvalue weighted by Gasteiger charge is 2.10. The number of nitrogens with zero attached hydrogens (tertiary/aromatic N) is 5. The highest BCUT2D eigenvalue weighted by Crippen LogP contribution is 2.18. The second kappa shape index (κ2) is 5.22. The molecule has 7 heteroatoms. The van der Waals surface area contributed by atoms with Crippen LogP contribution in [0.1, 0.15) is 17.1 Å². The van der Waals surface area contributed by atoms with E-state index in [4.69, 9.17) is 9.63 Å². The van der Waals surface area contributed by atoms with Gasteiger partial charge in [-0.2, -0.15) is 4.98 Å². The van der Waals surface area contributed by atoms with E-state index in [-0.39, 0.29) is 6.61 Å². The highest BCUT2D eigenvalue weighted by molar-refractivity contribution is 5.53. The summed E-state index contributed by atoms with van der Waals surface area (Å²) in [5, 5.41) is 20.5. The lowest BCUT2D eigenvalue weighted by Gasteiger charge is -1.95. The summed E-state index contributed by atoms with van der Waals surface area (Å²) in [6.45, 7) is 2.22. The van der Waals surface area contributed by atoms with E-state index < -0.39 is 0 Å². The Hall–Kier alpha value is -2.54. The first-order chi connectivity index (χ1) is 9.74. The Bertz CT molecular complexity index is 719. The fourth-order valence-electron chi connectivity index (χ4n) is 1.85. The van der Waals surface area contributed by atoms with E-state index in [1.165, 1.54) is 0 Å². The third-order valence-corrected chi connectivity index (χ3v) is 2.78. The Morgan fingerprint density at radius 3 is 3.00 bits per heavy atom. The number of aliphatic hydroxyl groups excluding tert-OH is 1. The first kappa shape index (κ1) is 12.5. The predicted octanol–water partition coefficient (Wildman–Crippen LogP) is 1.18. The molecule has 0 bridgehead atoms. The minimum Gasteiger partial charge on any atom is -0.390 e. The largest absolute Gasteiger partial charge is 0.390 e. The number of aryl methyl sites for hydroxylation is 1. The standard InChI is InChI=1S/C13H13N5O2/c1-9-3-2-4-10(5-9)13-14-12(16-20-13)7-18-6-11(8-19)15-17-18/h2-6,19H,7-8H2,1H3. The molecule has 0 spiro atoms. The van der Waals surface area contributed by atoms with Gasteiger partial charge in [0.15, 0.2) is 5.82 Å². The van der Waals surface area contributed by atoms with Crippen molar-refractivity contribution >= 4 is 0 Å². The summed E-state index contributed by atoms with van der Waals surface area (Å²) in [4.78, 5) is 4.32. The zero-order valence-corrected chi connectivity index (χ0v) is 10.9. The average molecular weight is 271 g/mol. The fraction of sp³-hybridized carbons (Fsp3) is 0.231. The molecule has 0 atom stereocenters. The number of rotatable bonds is 4. The molecule has 7 nitrogen and oxygen atoms in total. The number of hydrogen-bond donors (Lipinski definition) is 1. The van der Waals surface area contributed by atoms with Gasteiger partial charge in [-0.15, -0.1) is 5.10 Å². The molecule has 0 radical (unpaired) electrons. The van der Waals surface area contributed by atoms with Crippen molar-refractivity contribution in [3.05, 3.63) is 47.5 Å². The monoisotopic (exact) mass is 271 g/mol. The smallest absolute Gasteiger partial charge is 0.257 e. The van der Waals surface area contributed by atoms with Crippen LogP contribution in [0.3, 0.4) is 0 Å². The summed E-state index contributed by atoms with van der Waals surface area (Å²) in [6.07, 6.45) is 1.64. The second-order valence-electron chi connectivity index (χ2n) is 4.45. The Balaban J connectivity index is 1.80. The molecular weight excluding hydrogens is 258 g/mol. The zero-order valence-electron chi connectivity index (χ0n) is 10.9. The number of aliphatic hydroxyl groups is 1. The van der Waals surface area contributed by atoms with E-state index in [1.54, 1.807) is 10.9 Å². The summed E-state index contributed by atoms with van der Waals surface area (Å²) in [5.74, 6) is 0.988. The van der Waals surface area contributed by atoms with Crippen molar-refractivity contribution in [3.63, 3.8) is 0 Å². The third-order valence-electron chi connectivity index (χ3n) is 2.78. The van der Waals surface area contributed by atoms with Gasteiger partial charge in [0.1, 0.15) is 12.2 Å². The van der Waals surface area contributed by atoms with Crippen LogP contribution in [0.4, 0.5) is 0 Å². The average Bonchev–Trinajstić information content (AvgIpc) is 3.08. The molecule has 102 valence electrons. The molecule has 1 aromatic carbocycles. The molecular formula is C13H13N5O2. The first-order valence-corrected chi connectivity index (χ1v) is 6.14. The summed E-state index contributed by atoms with van der Waals surface area (Å²) >= 11 is 0. The van der Waals surface area contributed by atoms with E-state index in [0.29, 0.717) is 24.0 Å². The summed E-state index contributed by atoms with van der Waals surface area (Å²) in [5.41, 5.74) is 2.52. The van der Waals surface area contributed by atoms with Crippen LogP contribution < -0.4 is 0 Å². The van der Waals surface area contributed by atoms with E-state index in [0.717, 1.165) is 11.1 Å². The maximum atomic E-state index is 8.93. The van der Waals surface area contributed by atoms with Crippen LogP contribution >= 0.6 is 0 Å². The van der Waals surface area contributed by atoms with Crippen LogP contribution in [0.15, 0.2) is 35.0 Å². The molecule has 1 N–H and O–H groups in total. The predicted molar refractivity (Wildman–Crippen MR) is 69.5 cm³/mol. The second-order valence-corrected chi connectivity index (χ2v) is 4.45. The molecule has 0 fully saturated rings. The summed E-state index contributed by atoms with van der Waals surface area (Å²) in [6, 6.07) is 7.85. The van der Waals surface area contributed by atoms with Crippen molar-refractivity contribution in [2.24, 2.45) is 0 Å².